The molecule has 0 radical (unpaired) electrons. The van der Waals surface area contributed by atoms with Crippen molar-refractivity contribution in [3.8, 4) is 0 Å². The van der Waals surface area contributed by atoms with E-state index in [4.69, 9.17) is 4.74 Å². The first kappa shape index (κ1) is 13.2. The molecular formula is C14H18N2OS2. The Kier molecular flexibility index (Phi) is 4.61. The third-order valence-electron chi connectivity index (χ3n) is 3.45. The molecule has 1 saturated heterocycles. The number of ether oxygens (including phenoxy) is 1. The minimum Gasteiger partial charge on any atom is -0.381 e. The summed E-state index contributed by atoms with van der Waals surface area (Å²) in [6.07, 6.45) is 4.08. The van der Waals surface area contributed by atoms with Gasteiger partial charge in [0, 0.05) is 24.7 Å². The average molecular weight is 294 g/mol. The van der Waals surface area contributed by atoms with Gasteiger partial charge in [-0.15, -0.1) is 11.3 Å². The van der Waals surface area contributed by atoms with Crippen LogP contribution in [0.4, 0.5) is 0 Å². The molecule has 1 fully saturated rings. The lowest BCUT2D eigenvalue weighted by Crippen LogP contribution is -2.29. The van der Waals surface area contributed by atoms with Crippen molar-refractivity contribution in [1.29, 1.82) is 0 Å². The van der Waals surface area contributed by atoms with Crippen LogP contribution in [0, 0.1) is 5.92 Å². The highest BCUT2D eigenvalue weighted by Gasteiger charge is 2.20. The van der Waals surface area contributed by atoms with E-state index in [0.717, 1.165) is 26.2 Å². The predicted octanol–water partition coefficient (Wildman–Crippen LogP) is 3.11. The maximum atomic E-state index is 5.43. The molecule has 1 aliphatic heterocycles. The highest BCUT2D eigenvalue weighted by atomic mass is 32.1. The SMILES string of the molecule is c1csc(C(Cc2ccsc2)NCC2CCOC2)n1. The van der Waals surface area contributed by atoms with Crippen LogP contribution >= 0.6 is 22.7 Å². The Morgan fingerprint density at radius 3 is 3.16 bits per heavy atom. The number of hydrogen-bond acceptors (Lipinski definition) is 5. The summed E-state index contributed by atoms with van der Waals surface area (Å²) < 4.78 is 5.43. The molecule has 102 valence electrons. The van der Waals surface area contributed by atoms with Gasteiger partial charge in [0.1, 0.15) is 5.01 Å². The first-order valence-corrected chi connectivity index (χ1v) is 8.45. The zero-order chi connectivity index (χ0) is 12.9. The number of nitrogens with one attached hydrogen (secondary N) is 1. The van der Waals surface area contributed by atoms with E-state index >= 15 is 0 Å². The lowest BCUT2D eigenvalue weighted by molar-refractivity contribution is 0.184. The van der Waals surface area contributed by atoms with Crippen LogP contribution in [0.15, 0.2) is 28.4 Å². The lowest BCUT2D eigenvalue weighted by atomic mass is 10.1. The van der Waals surface area contributed by atoms with Gasteiger partial charge < -0.3 is 10.1 Å². The number of aromatic nitrogens is 1. The second-order valence-corrected chi connectivity index (χ2v) is 6.60. The number of thiazole rings is 1. The molecule has 3 rings (SSSR count). The van der Waals surface area contributed by atoms with Crippen LogP contribution < -0.4 is 5.32 Å². The molecule has 0 aliphatic carbocycles. The largest absolute Gasteiger partial charge is 0.381 e. The summed E-state index contributed by atoms with van der Waals surface area (Å²) in [5.41, 5.74) is 1.39. The normalized spacial score (nSPS) is 20.7. The van der Waals surface area contributed by atoms with Gasteiger partial charge in [-0.05, 0) is 41.1 Å². The molecule has 2 unspecified atom stereocenters. The van der Waals surface area contributed by atoms with Gasteiger partial charge in [0.15, 0.2) is 0 Å². The van der Waals surface area contributed by atoms with Crippen LogP contribution in [-0.4, -0.2) is 24.7 Å². The maximum absolute atomic E-state index is 5.43. The quantitative estimate of drug-likeness (QED) is 0.889. The van der Waals surface area contributed by atoms with E-state index in [1.807, 2.05) is 6.20 Å². The lowest BCUT2D eigenvalue weighted by Gasteiger charge is -2.18. The van der Waals surface area contributed by atoms with Gasteiger partial charge >= 0.3 is 0 Å². The van der Waals surface area contributed by atoms with Crippen LogP contribution in [0.5, 0.6) is 0 Å². The summed E-state index contributed by atoms with van der Waals surface area (Å²) in [6.45, 7) is 2.84. The van der Waals surface area contributed by atoms with Crippen molar-refractivity contribution in [3.63, 3.8) is 0 Å². The Morgan fingerprint density at radius 2 is 2.47 bits per heavy atom. The zero-order valence-corrected chi connectivity index (χ0v) is 12.4. The number of thiophene rings is 1. The minimum absolute atomic E-state index is 0.329. The molecular weight excluding hydrogens is 276 g/mol. The van der Waals surface area contributed by atoms with E-state index in [9.17, 15) is 0 Å². The van der Waals surface area contributed by atoms with E-state index in [0.29, 0.717) is 12.0 Å². The topological polar surface area (TPSA) is 34.1 Å². The Labute approximate surface area is 121 Å². The molecule has 0 saturated carbocycles. The monoisotopic (exact) mass is 294 g/mol. The van der Waals surface area contributed by atoms with Crippen molar-refractivity contribution in [1.82, 2.24) is 10.3 Å². The van der Waals surface area contributed by atoms with Crippen molar-refractivity contribution in [2.24, 2.45) is 5.92 Å². The number of nitrogens with zero attached hydrogens (tertiary/aromatic N) is 1. The van der Waals surface area contributed by atoms with Crippen LogP contribution in [0.1, 0.15) is 23.0 Å². The van der Waals surface area contributed by atoms with E-state index in [-0.39, 0.29) is 0 Å². The minimum atomic E-state index is 0.329. The Bertz CT molecular complexity index is 464. The van der Waals surface area contributed by atoms with Crippen molar-refractivity contribution in [2.75, 3.05) is 19.8 Å². The molecule has 1 aliphatic rings. The first-order valence-electron chi connectivity index (χ1n) is 6.63. The molecule has 0 aromatic carbocycles. The smallest absolute Gasteiger partial charge is 0.110 e. The molecule has 0 amide bonds. The van der Waals surface area contributed by atoms with Crippen molar-refractivity contribution >= 4 is 22.7 Å². The van der Waals surface area contributed by atoms with E-state index < -0.39 is 0 Å². The average Bonchev–Trinajstić information content (AvgIpc) is 3.15. The van der Waals surface area contributed by atoms with Crippen molar-refractivity contribution in [2.45, 2.75) is 18.9 Å². The molecule has 5 heteroatoms. The summed E-state index contributed by atoms with van der Waals surface area (Å²) in [7, 11) is 0. The fraction of sp³-hybridized carbons (Fsp3) is 0.500. The van der Waals surface area contributed by atoms with Crippen LogP contribution in [-0.2, 0) is 11.2 Å². The van der Waals surface area contributed by atoms with E-state index in [1.165, 1.54) is 17.0 Å². The maximum Gasteiger partial charge on any atom is 0.110 e. The summed E-state index contributed by atoms with van der Waals surface area (Å²) in [4.78, 5) is 4.47. The molecule has 2 aromatic rings. The highest BCUT2D eigenvalue weighted by Crippen LogP contribution is 2.22. The second-order valence-electron chi connectivity index (χ2n) is 4.90. The van der Waals surface area contributed by atoms with Gasteiger partial charge in [-0.1, -0.05) is 0 Å². The van der Waals surface area contributed by atoms with Gasteiger partial charge in [-0.25, -0.2) is 4.98 Å². The predicted molar refractivity (Wildman–Crippen MR) is 79.8 cm³/mol. The fourth-order valence-electron chi connectivity index (χ4n) is 2.35. The van der Waals surface area contributed by atoms with Crippen LogP contribution in [0.3, 0.4) is 0 Å². The third kappa shape index (κ3) is 3.63. The second kappa shape index (κ2) is 6.61. The Morgan fingerprint density at radius 1 is 1.47 bits per heavy atom. The molecule has 19 heavy (non-hydrogen) atoms. The van der Waals surface area contributed by atoms with E-state index in [1.54, 1.807) is 22.7 Å². The summed E-state index contributed by atoms with van der Waals surface area (Å²) >= 11 is 3.49. The van der Waals surface area contributed by atoms with Gasteiger partial charge in [0.25, 0.3) is 0 Å². The standard InChI is InChI=1S/C14H18N2OS2/c1-4-17-9-12(1)8-16-13(14-15-3-6-19-14)7-11-2-5-18-10-11/h2-3,5-6,10,12-13,16H,1,4,7-9H2. The van der Waals surface area contributed by atoms with Crippen molar-refractivity contribution in [3.05, 3.63) is 39.0 Å². The summed E-state index contributed by atoms with van der Waals surface area (Å²) in [6, 6.07) is 2.53. The Balaban J connectivity index is 1.62. The molecule has 0 bridgehead atoms. The first-order chi connectivity index (χ1) is 9.42. The van der Waals surface area contributed by atoms with Crippen LogP contribution in [0.25, 0.3) is 0 Å². The van der Waals surface area contributed by atoms with Gasteiger partial charge in [0.05, 0.1) is 12.6 Å². The summed E-state index contributed by atoms with van der Waals surface area (Å²) in [5.74, 6) is 0.657. The fourth-order valence-corrected chi connectivity index (χ4v) is 3.75. The van der Waals surface area contributed by atoms with Gasteiger partial charge in [-0.2, -0.15) is 11.3 Å². The molecule has 3 heterocycles. The molecule has 2 aromatic heterocycles. The van der Waals surface area contributed by atoms with Gasteiger partial charge in [-0.3, -0.25) is 0 Å². The molecule has 1 N–H and O–H groups in total. The number of rotatable bonds is 6. The summed E-state index contributed by atoms with van der Waals surface area (Å²) in [5, 5.41) is 11.3. The molecule has 3 nitrogen and oxygen atoms in total. The van der Waals surface area contributed by atoms with E-state index in [2.05, 4.69) is 32.5 Å². The highest BCUT2D eigenvalue weighted by molar-refractivity contribution is 7.09. The van der Waals surface area contributed by atoms with Crippen LogP contribution in [0.2, 0.25) is 0 Å². The zero-order valence-electron chi connectivity index (χ0n) is 10.7. The van der Waals surface area contributed by atoms with Crippen molar-refractivity contribution < 1.29 is 4.74 Å². The third-order valence-corrected chi connectivity index (χ3v) is 5.07. The molecule has 2 atom stereocenters. The number of hydrogen-bond donors (Lipinski definition) is 1. The Hall–Kier alpha value is -0.750. The van der Waals surface area contributed by atoms with Gasteiger partial charge in [0.2, 0.25) is 0 Å². The molecule has 0 spiro atoms.